The summed E-state index contributed by atoms with van der Waals surface area (Å²) in [6.07, 6.45) is 22.2. The number of aromatic nitrogens is 8. The van der Waals surface area contributed by atoms with Gasteiger partial charge in [-0.1, -0.05) is 38.5 Å². The Labute approximate surface area is 861 Å². The highest BCUT2D eigenvalue weighted by atomic mass is 19.1. The quantitative estimate of drug-likeness (QED) is 0.0265. The van der Waals surface area contributed by atoms with Crippen molar-refractivity contribution in [2.24, 2.45) is 21.7 Å². The molecule has 0 radical (unpaired) electrons. The number of halogens is 1. The van der Waals surface area contributed by atoms with Crippen LogP contribution in [-0.4, -0.2) is 301 Å². The number of amides is 8. The molecule has 10 aliphatic rings. The summed E-state index contributed by atoms with van der Waals surface area (Å²) in [5.41, 5.74) is 5.10. The van der Waals surface area contributed by atoms with Crippen LogP contribution in [-0.2, 0) is 23.9 Å². The number of anilines is 16. The number of morpholine rings is 1. The number of likely N-dealkylation sites (tertiary alicyclic amines) is 2. The summed E-state index contributed by atoms with van der Waals surface area (Å²) in [6, 6.07) is 22.0. The van der Waals surface area contributed by atoms with Crippen molar-refractivity contribution in [1.82, 2.24) is 70.5 Å². The van der Waals surface area contributed by atoms with E-state index < -0.39 is 27.8 Å². The Morgan fingerprint density at radius 1 is 0.408 bits per heavy atom. The summed E-state index contributed by atoms with van der Waals surface area (Å²) in [7, 11) is 14.9. The Morgan fingerprint density at radius 3 is 1.03 bits per heavy atom. The van der Waals surface area contributed by atoms with Crippen molar-refractivity contribution < 1.29 is 66.4 Å². The molecular formula is C107H147FN26O13. The molecule has 3 saturated heterocycles. The zero-order chi connectivity index (χ0) is 105. The lowest BCUT2D eigenvalue weighted by atomic mass is 9.91. The molecule has 11 heterocycles. The number of methoxy groups -OCH3 is 4. The van der Waals surface area contributed by atoms with Crippen LogP contribution in [0.3, 0.4) is 0 Å². The lowest BCUT2D eigenvalue weighted by Crippen LogP contribution is -2.45. The van der Waals surface area contributed by atoms with Crippen LogP contribution < -0.4 is 95.4 Å². The number of hydrogen-bond acceptors (Lipinski definition) is 31. The first-order valence-electron chi connectivity index (χ1n) is 51.5. The molecule has 7 aliphatic heterocycles. The zero-order valence-corrected chi connectivity index (χ0v) is 88.7. The van der Waals surface area contributed by atoms with Gasteiger partial charge in [-0.25, -0.2) is 24.3 Å². The van der Waals surface area contributed by atoms with Gasteiger partial charge in [0.05, 0.1) is 117 Å². The van der Waals surface area contributed by atoms with Gasteiger partial charge in [0.1, 0.15) is 51.9 Å². The van der Waals surface area contributed by atoms with Gasteiger partial charge in [0.25, 0.3) is 23.6 Å². The van der Waals surface area contributed by atoms with E-state index in [1.54, 1.807) is 161 Å². The van der Waals surface area contributed by atoms with Gasteiger partial charge in [-0.15, -0.1) is 0 Å². The molecule has 4 aromatic heterocycles. The first kappa shape index (κ1) is 108. The van der Waals surface area contributed by atoms with Crippen LogP contribution in [0.15, 0.2) is 97.6 Å². The molecular weight excluding hydrogens is 1880 g/mol. The number of alkyl halides is 1. The molecule has 7 N–H and O–H groups in total. The SMILES string of the molecule is CNC(=O)c1ccc(Nc2ncc3c(n2)N(C(C)C)CC(C)(C)C(=O)N3C)c(OC)c1.COc1cc(C(=O)N2CC[C@H](F)C2)ccc1Nc1ncc2c(n1)N(C1CCCC1)CC(C)(C)C(=O)N2C.COc1cc(C(=O)NCCN2CCCC2)ccc1Nc1ncc2c(n1)N(C1CCCC1)CC(C)(C)C(=O)N2C.COc1cc(C(=O)NCCN2CCOCC2)ccc1Nc1ncc2c(n1)N(C1CCCC1)CC(C)(C)C(=O)N2C. The molecule has 40 heteroatoms. The predicted molar refractivity (Wildman–Crippen MR) is 570 cm³/mol. The standard InChI is InChI=1S/C29H41N7O4.C29H41N7O3.C27H35FN6O3.C22H30N6O3/c1-29(2)19-36(21-7-5-6-8-21)25-23(34(3)27(29)38)18-31-28(33-25)32-22-10-9-20(17-24(22)39-4)26(37)30-11-12-35-13-15-40-16-14-35;1-29(2)19-36(21-9-5-6-10-21)25-23(34(3)27(29)38)18-31-28(33-25)32-22-12-11-20(17-24(22)39-4)26(37)30-13-16-35-14-7-8-15-35;1-27(2)16-34(19-7-5-6-8-19)23-21(32(3)25(27)36)14-29-26(31-23)30-20-10-9-17(13-22(20)37-4)24(35)33-12-11-18(28)15-33;1-13(2)28-12-22(3,4)20(30)27(6)16-11-24-21(26-18(16)28)25-15-9-8-14(19(29)23-5)10-17(15)31-7/h9-10,17-18,21H,5-8,11-16,19H2,1-4H3,(H,30,37)(H,31,32,33);11-12,17-18,21H,5-10,13-16,19H2,1-4H3,(H,30,37)(H,31,32,33);9-10,13-14,18-19H,5-8,11-12,15-16H2,1-4H3,(H,29,30,31);8-11,13H,12H2,1-7H3,(H,23,29)(H,24,25,26)/t;;18-;/m..0./s1. The molecule has 1 atom stereocenters. The lowest BCUT2D eigenvalue weighted by Gasteiger charge is -2.34. The van der Waals surface area contributed by atoms with E-state index in [9.17, 15) is 42.7 Å². The van der Waals surface area contributed by atoms with Gasteiger partial charge in [-0.05, 0) is 213 Å². The second kappa shape index (κ2) is 46.6. The molecule has 790 valence electrons. The normalized spacial score (nSPS) is 19.3. The first-order chi connectivity index (χ1) is 70.3. The Hall–Kier alpha value is -13.6. The fourth-order valence-electron chi connectivity index (χ4n) is 21.1. The third kappa shape index (κ3) is 24.8. The zero-order valence-electron chi connectivity index (χ0n) is 88.7. The van der Waals surface area contributed by atoms with Crippen LogP contribution in [0.1, 0.15) is 207 Å². The predicted octanol–water partition coefficient (Wildman–Crippen LogP) is 13.8. The number of ether oxygens (including phenoxy) is 5. The first-order valence-corrected chi connectivity index (χ1v) is 51.5. The van der Waals surface area contributed by atoms with E-state index in [0.29, 0.717) is 185 Å². The molecule has 8 amide bonds. The second-order valence-corrected chi connectivity index (χ2v) is 42.4. The lowest BCUT2D eigenvalue weighted by molar-refractivity contribution is -0.126. The van der Waals surface area contributed by atoms with Crippen molar-refractivity contribution in [3.8, 4) is 23.0 Å². The molecule has 8 aromatic rings. The average molecular weight is 2020 g/mol. The Bertz CT molecular complexity index is 6080. The number of benzene rings is 4. The van der Waals surface area contributed by atoms with Crippen LogP contribution in [0.4, 0.5) is 97.0 Å². The van der Waals surface area contributed by atoms with Crippen molar-refractivity contribution in [2.75, 3.05) is 229 Å². The van der Waals surface area contributed by atoms with E-state index in [4.69, 9.17) is 43.6 Å². The van der Waals surface area contributed by atoms with Gasteiger partial charge in [0.2, 0.25) is 47.4 Å². The second-order valence-electron chi connectivity index (χ2n) is 42.4. The van der Waals surface area contributed by atoms with Crippen LogP contribution >= 0.6 is 0 Å². The highest BCUT2D eigenvalue weighted by molar-refractivity contribution is 6.05. The summed E-state index contributed by atoms with van der Waals surface area (Å²) < 4.78 is 41.2. The summed E-state index contributed by atoms with van der Waals surface area (Å²) in [4.78, 5) is 162. The number of fused-ring (bicyclic) bond motifs is 4. The number of carbonyl (C=O) groups is 8. The van der Waals surface area contributed by atoms with Crippen LogP contribution in [0.2, 0.25) is 0 Å². The van der Waals surface area contributed by atoms with Crippen LogP contribution in [0.5, 0.6) is 23.0 Å². The van der Waals surface area contributed by atoms with E-state index >= 15 is 0 Å². The molecule has 0 bridgehead atoms. The minimum atomic E-state index is -0.971. The number of rotatable bonds is 26. The summed E-state index contributed by atoms with van der Waals surface area (Å²) in [5, 5.41) is 21.6. The van der Waals surface area contributed by atoms with Crippen molar-refractivity contribution in [3.63, 3.8) is 0 Å². The Balaban J connectivity index is 0.000000148. The van der Waals surface area contributed by atoms with Gasteiger partial charge in [0.15, 0.2) is 23.3 Å². The van der Waals surface area contributed by atoms with Crippen molar-refractivity contribution in [1.29, 1.82) is 0 Å². The van der Waals surface area contributed by atoms with Gasteiger partial charge in [-0.3, -0.25) is 43.3 Å². The maximum Gasteiger partial charge on any atom is 0.254 e. The van der Waals surface area contributed by atoms with E-state index in [0.717, 1.165) is 114 Å². The molecule has 18 rings (SSSR count). The minimum Gasteiger partial charge on any atom is -0.495 e. The topological polar surface area (TPSA) is 406 Å². The van der Waals surface area contributed by atoms with Crippen LogP contribution in [0, 0.1) is 21.7 Å². The summed E-state index contributed by atoms with van der Waals surface area (Å²) >= 11 is 0. The van der Waals surface area contributed by atoms with E-state index in [-0.39, 0.29) is 59.8 Å². The number of hydrogen-bond donors (Lipinski definition) is 7. The minimum absolute atomic E-state index is 0.0210. The van der Waals surface area contributed by atoms with Crippen molar-refractivity contribution in [3.05, 3.63) is 120 Å². The maximum absolute atomic E-state index is 13.6. The Kier molecular flexibility index (Phi) is 34.1. The maximum atomic E-state index is 13.6. The van der Waals surface area contributed by atoms with E-state index in [2.05, 4.69) is 100 Å². The van der Waals surface area contributed by atoms with Gasteiger partial charge in [0, 0.05) is 154 Å². The van der Waals surface area contributed by atoms with Crippen LogP contribution in [0.25, 0.3) is 0 Å². The monoisotopic (exact) mass is 2020 g/mol. The molecule has 4 aromatic carbocycles. The number of nitrogens with one attached hydrogen (secondary N) is 7. The van der Waals surface area contributed by atoms with Gasteiger partial charge in [-0.2, -0.15) is 19.9 Å². The fraction of sp³-hybridized carbons (Fsp3) is 0.551. The highest BCUT2D eigenvalue weighted by Crippen LogP contribution is 2.47. The largest absolute Gasteiger partial charge is 0.495 e. The average Bonchev–Trinajstić information content (AvgIpc) is 1.64. The number of carbonyl (C=O) groups excluding carboxylic acids is 8. The summed E-state index contributed by atoms with van der Waals surface area (Å²) in [5.74, 6) is 6.02. The van der Waals surface area contributed by atoms with E-state index in [1.165, 1.54) is 70.5 Å². The third-order valence-electron chi connectivity index (χ3n) is 29.5. The van der Waals surface area contributed by atoms with Gasteiger partial charge < -0.3 is 110 Å². The smallest absolute Gasteiger partial charge is 0.254 e. The Morgan fingerprint density at radius 2 is 0.714 bits per heavy atom. The molecule has 3 aliphatic carbocycles. The van der Waals surface area contributed by atoms with Crippen molar-refractivity contribution >= 4 is 140 Å². The molecule has 39 nitrogen and oxygen atoms in total. The van der Waals surface area contributed by atoms with Gasteiger partial charge >= 0.3 is 0 Å². The summed E-state index contributed by atoms with van der Waals surface area (Å²) in [6.45, 7) is 31.2. The molecule has 3 saturated carbocycles. The molecule has 0 spiro atoms. The fourth-order valence-corrected chi connectivity index (χ4v) is 21.1. The molecule has 0 unspecified atom stereocenters. The van der Waals surface area contributed by atoms with E-state index in [1.807, 2.05) is 61.5 Å². The van der Waals surface area contributed by atoms with Crippen molar-refractivity contribution in [2.45, 2.75) is 196 Å². The molecule has 147 heavy (non-hydrogen) atoms. The number of nitrogens with zero attached hydrogens (tertiary/aromatic N) is 19. The molecule has 6 fully saturated rings. The highest BCUT2D eigenvalue weighted by Gasteiger charge is 2.47. The third-order valence-corrected chi connectivity index (χ3v) is 29.5.